The molecule has 112 valence electrons. The van der Waals surface area contributed by atoms with Crippen LogP contribution in [0.15, 0.2) is 22.7 Å². The molecule has 0 saturated carbocycles. The first-order valence-electron chi connectivity index (χ1n) is 7.78. The van der Waals surface area contributed by atoms with Gasteiger partial charge in [-0.05, 0) is 49.4 Å². The van der Waals surface area contributed by atoms with Crippen molar-refractivity contribution in [3.05, 3.63) is 28.2 Å². The Balaban J connectivity index is 2.31. The van der Waals surface area contributed by atoms with E-state index in [-0.39, 0.29) is 0 Å². The minimum atomic E-state index is 0.612. The zero-order valence-electron chi connectivity index (χ0n) is 13.1. The van der Waals surface area contributed by atoms with E-state index in [1.165, 1.54) is 28.7 Å². The second-order valence-electron chi connectivity index (χ2n) is 6.26. The second kappa shape index (κ2) is 6.95. The fourth-order valence-corrected chi connectivity index (χ4v) is 3.60. The van der Waals surface area contributed by atoms with Crippen LogP contribution in [0.2, 0.25) is 0 Å². The maximum absolute atomic E-state index is 3.63. The Labute approximate surface area is 132 Å². The quantitative estimate of drug-likeness (QED) is 0.873. The Kier molecular flexibility index (Phi) is 5.50. The molecule has 1 heterocycles. The number of nitrogens with one attached hydrogen (secondary N) is 1. The van der Waals surface area contributed by atoms with Crippen molar-refractivity contribution < 1.29 is 0 Å². The highest BCUT2D eigenvalue weighted by molar-refractivity contribution is 9.10. The second-order valence-corrected chi connectivity index (χ2v) is 7.18. The fourth-order valence-electron chi connectivity index (χ4n) is 3.25. The minimum absolute atomic E-state index is 0.612. The molecule has 1 fully saturated rings. The van der Waals surface area contributed by atoms with Crippen LogP contribution in [-0.4, -0.2) is 19.1 Å². The van der Waals surface area contributed by atoms with Gasteiger partial charge < -0.3 is 10.2 Å². The van der Waals surface area contributed by atoms with Crippen molar-refractivity contribution in [2.45, 2.75) is 46.7 Å². The molecule has 3 atom stereocenters. The Morgan fingerprint density at radius 3 is 2.75 bits per heavy atom. The lowest BCUT2D eigenvalue weighted by molar-refractivity contribution is 0.296. The summed E-state index contributed by atoms with van der Waals surface area (Å²) < 4.78 is 1.17. The summed E-state index contributed by atoms with van der Waals surface area (Å²) in [5.74, 6) is 1.52. The van der Waals surface area contributed by atoms with Gasteiger partial charge in [0.1, 0.15) is 0 Å². The molecule has 1 aliphatic heterocycles. The van der Waals surface area contributed by atoms with E-state index in [0.717, 1.165) is 24.9 Å². The van der Waals surface area contributed by atoms with Gasteiger partial charge >= 0.3 is 0 Å². The number of hydrogen-bond acceptors (Lipinski definition) is 2. The number of piperidine rings is 1. The highest BCUT2D eigenvalue weighted by Gasteiger charge is 2.29. The molecule has 2 rings (SSSR count). The highest BCUT2D eigenvalue weighted by atomic mass is 79.9. The first kappa shape index (κ1) is 15.8. The zero-order chi connectivity index (χ0) is 14.7. The smallest absolute Gasteiger partial charge is 0.0425 e. The SMILES string of the molecule is CCNCc1ccc(Br)cc1N1CC(C)CC(C)C1C. The maximum atomic E-state index is 3.63. The molecule has 1 saturated heterocycles. The Morgan fingerprint density at radius 1 is 1.30 bits per heavy atom. The van der Waals surface area contributed by atoms with Crippen molar-refractivity contribution in [1.82, 2.24) is 5.32 Å². The van der Waals surface area contributed by atoms with Crippen LogP contribution in [0.4, 0.5) is 5.69 Å². The van der Waals surface area contributed by atoms with E-state index in [1.807, 2.05) is 0 Å². The molecule has 0 spiro atoms. The number of hydrogen-bond donors (Lipinski definition) is 1. The van der Waals surface area contributed by atoms with Crippen molar-refractivity contribution in [2.24, 2.45) is 11.8 Å². The highest BCUT2D eigenvalue weighted by Crippen LogP contribution is 2.34. The van der Waals surface area contributed by atoms with Crippen molar-refractivity contribution in [2.75, 3.05) is 18.0 Å². The van der Waals surface area contributed by atoms with E-state index >= 15 is 0 Å². The molecule has 0 aromatic heterocycles. The van der Waals surface area contributed by atoms with Gasteiger partial charge in [0.2, 0.25) is 0 Å². The summed E-state index contributed by atoms with van der Waals surface area (Å²) in [6, 6.07) is 7.30. The van der Waals surface area contributed by atoms with Crippen LogP contribution in [-0.2, 0) is 6.54 Å². The molecule has 0 bridgehead atoms. The fraction of sp³-hybridized carbons (Fsp3) is 0.647. The molecule has 1 N–H and O–H groups in total. The third-order valence-corrected chi connectivity index (χ3v) is 5.01. The maximum Gasteiger partial charge on any atom is 0.0425 e. The van der Waals surface area contributed by atoms with Gasteiger partial charge in [0.25, 0.3) is 0 Å². The molecule has 1 aromatic carbocycles. The van der Waals surface area contributed by atoms with Crippen molar-refractivity contribution in [3.63, 3.8) is 0 Å². The summed E-state index contributed by atoms with van der Waals surface area (Å²) in [7, 11) is 0. The third kappa shape index (κ3) is 3.56. The summed E-state index contributed by atoms with van der Waals surface area (Å²) in [5.41, 5.74) is 2.80. The van der Waals surface area contributed by atoms with E-state index in [2.05, 4.69) is 72.0 Å². The normalized spacial score (nSPS) is 26.9. The molecular weight excluding hydrogens is 312 g/mol. The summed E-state index contributed by atoms with van der Waals surface area (Å²) in [5, 5.41) is 3.46. The summed E-state index contributed by atoms with van der Waals surface area (Å²) in [6.45, 7) is 12.4. The number of rotatable bonds is 4. The average Bonchev–Trinajstić information content (AvgIpc) is 2.41. The van der Waals surface area contributed by atoms with Crippen LogP contribution in [0, 0.1) is 11.8 Å². The Bertz CT molecular complexity index is 447. The number of anilines is 1. The van der Waals surface area contributed by atoms with Crippen LogP contribution in [0.3, 0.4) is 0 Å². The third-order valence-electron chi connectivity index (χ3n) is 4.52. The van der Waals surface area contributed by atoms with Gasteiger partial charge in [-0.3, -0.25) is 0 Å². The van der Waals surface area contributed by atoms with Gasteiger partial charge in [-0.25, -0.2) is 0 Å². The predicted molar refractivity (Wildman–Crippen MR) is 91.3 cm³/mol. The van der Waals surface area contributed by atoms with E-state index in [1.54, 1.807) is 0 Å². The first-order chi connectivity index (χ1) is 9.52. The standard InChI is InChI=1S/C17H27BrN2/c1-5-19-10-15-6-7-16(18)9-17(15)20-11-12(2)8-13(3)14(20)4/h6-7,9,12-14,19H,5,8,10-11H2,1-4H3. The van der Waals surface area contributed by atoms with Crippen molar-refractivity contribution in [3.8, 4) is 0 Å². The molecule has 0 radical (unpaired) electrons. The van der Waals surface area contributed by atoms with Crippen LogP contribution in [0.5, 0.6) is 0 Å². The van der Waals surface area contributed by atoms with Crippen LogP contribution in [0.1, 0.15) is 39.7 Å². The van der Waals surface area contributed by atoms with Gasteiger partial charge in [-0.2, -0.15) is 0 Å². The van der Waals surface area contributed by atoms with E-state index in [0.29, 0.717) is 6.04 Å². The molecule has 20 heavy (non-hydrogen) atoms. The molecule has 3 unspecified atom stereocenters. The van der Waals surface area contributed by atoms with Crippen molar-refractivity contribution in [1.29, 1.82) is 0 Å². The number of benzene rings is 1. The van der Waals surface area contributed by atoms with Gasteiger partial charge in [0.05, 0.1) is 0 Å². The van der Waals surface area contributed by atoms with Crippen LogP contribution >= 0.6 is 15.9 Å². The molecule has 3 heteroatoms. The van der Waals surface area contributed by atoms with Gasteiger partial charge in [-0.1, -0.05) is 42.8 Å². The van der Waals surface area contributed by atoms with Gasteiger partial charge in [0, 0.05) is 29.3 Å². The summed E-state index contributed by atoms with van der Waals surface area (Å²) in [6.07, 6.45) is 1.34. The largest absolute Gasteiger partial charge is 0.368 e. The molecular formula is C17H27BrN2. The van der Waals surface area contributed by atoms with E-state index < -0.39 is 0 Å². The Morgan fingerprint density at radius 2 is 2.05 bits per heavy atom. The lowest BCUT2D eigenvalue weighted by Crippen LogP contribution is -2.46. The molecule has 0 aliphatic carbocycles. The van der Waals surface area contributed by atoms with Gasteiger partial charge in [0.15, 0.2) is 0 Å². The first-order valence-corrected chi connectivity index (χ1v) is 8.58. The van der Waals surface area contributed by atoms with E-state index in [9.17, 15) is 0 Å². The lowest BCUT2D eigenvalue weighted by Gasteiger charge is -2.43. The molecule has 1 aliphatic rings. The molecule has 0 amide bonds. The van der Waals surface area contributed by atoms with Gasteiger partial charge in [-0.15, -0.1) is 0 Å². The minimum Gasteiger partial charge on any atom is -0.368 e. The predicted octanol–water partition coefficient (Wildman–Crippen LogP) is 4.43. The zero-order valence-corrected chi connectivity index (χ0v) is 14.7. The van der Waals surface area contributed by atoms with Crippen molar-refractivity contribution >= 4 is 21.6 Å². The molecule has 1 aromatic rings. The number of halogens is 1. The number of nitrogens with zero attached hydrogens (tertiary/aromatic N) is 1. The van der Waals surface area contributed by atoms with Crippen LogP contribution < -0.4 is 10.2 Å². The average molecular weight is 339 g/mol. The summed E-state index contributed by atoms with van der Waals surface area (Å²) in [4.78, 5) is 2.61. The van der Waals surface area contributed by atoms with Crippen LogP contribution in [0.25, 0.3) is 0 Å². The topological polar surface area (TPSA) is 15.3 Å². The summed E-state index contributed by atoms with van der Waals surface area (Å²) >= 11 is 3.63. The van der Waals surface area contributed by atoms with E-state index in [4.69, 9.17) is 0 Å². The Hall–Kier alpha value is -0.540. The monoisotopic (exact) mass is 338 g/mol. The molecule has 2 nitrogen and oxygen atoms in total. The lowest BCUT2D eigenvalue weighted by atomic mass is 9.85.